The van der Waals surface area contributed by atoms with Crippen molar-refractivity contribution in [1.29, 1.82) is 0 Å². The van der Waals surface area contributed by atoms with Crippen LogP contribution in [0.15, 0.2) is 54.7 Å². The molecular weight excluding hydrogens is 250 g/mol. The highest BCUT2D eigenvalue weighted by Crippen LogP contribution is 2.49. The minimum atomic E-state index is -0.426. The smallest absolute Gasteiger partial charge is 0.317 e. The molecule has 0 saturated heterocycles. The summed E-state index contributed by atoms with van der Waals surface area (Å²) >= 11 is 0. The standard InChI is InChI=1S/C17H17NO2/c1-13(15-9-5-6-12-18-15)20-16(19)17(10-11-17)14-7-3-2-4-8-14/h2-9,12-13H,10-11H2,1H3/t13-/m0/s1. The molecule has 3 rings (SSSR count). The Balaban J connectivity index is 1.74. The minimum Gasteiger partial charge on any atom is -0.455 e. The van der Waals surface area contributed by atoms with E-state index in [9.17, 15) is 4.79 Å². The molecule has 1 aromatic heterocycles. The average molecular weight is 267 g/mol. The minimum absolute atomic E-state index is 0.137. The fraction of sp³-hybridized carbons (Fsp3) is 0.294. The largest absolute Gasteiger partial charge is 0.455 e. The molecule has 0 aliphatic heterocycles. The van der Waals surface area contributed by atoms with Gasteiger partial charge in [0, 0.05) is 6.20 Å². The molecule has 0 unspecified atom stereocenters. The summed E-state index contributed by atoms with van der Waals surface area (Å²) in [6.45, 7) is 1.86. The SMILES string of the molecule is C[C@H](OC(=O)C1(c2ccccc2)CC1)c1ccccn1. The van der Waals surface area contributed by atoms with E-state index in [0.717, 1.165) is 24.1 Å². The number of rotatable bonds is 4. The highest BCUT2D eigenvalue weighted by Gasteiger charge is 2.53. The van der Waals surface area contributed by atoms with E-state index in [2.05, 4.69) is 4.98 Å². The molecule has 0 radical (unpaired) electrons. The van der Waals surface area contributed by atoms with E-state index in [-0.39, 0.29) is 12.1 Å². The van der Waals surface area contributed by atoms with Crippen LogP contribution < -0.4 is 0 Å². The molecule has 1 fully saturated rings. The number of hydrogen-bond donors (Lipinski definition) is 0. The lowest BCUT2D eigenvalue weighted by Crippen LogP contribution is -2.24. The predicted molar refractivity (Wildman–Crippen MR) is 76.1 cm³/mol. The average Bonchev–Trinajstić information content (AvgIpc) is 3.31. The maximum atomic E-state index is 12.5. The Kier molecular flexibility index (Phi) is 3.26. The summed E-state index contributed by atoms with van der Waals surface area (Å²) in [6, 6.07) is 15.5. The zero-order chi connectivity index (χ0) is 14.0. The third kappa shape index (κ3) is 2.31. The first-order valence-electron chi connectivity index (χ1n) is 6.90. The van der Waals surface area contributed by atoms with Gasteiger partial charge in [-0.05, 0) is 37.5 Å². The number of benzene rings is 1. The number of pyridine rings is 1. The lowest BCUT2D eigenvalue weighted by Gasteiger charge is -2.18. The molecule has 1 saturated carbocycles. The van der Waals surface area contributed by atoms with Crippen molar-refractivity contribution >= 4 is 5.97 Å². The van der Waals surface area contributed by atoms with Crippen LogP contribution in [0.25, 0.3) is 0 Å². The van der Waals surface area contributed by atoms with Gasteiger partial charge in [-0.25, -0.2) is 0 Å². The molecule has 3 nitrogen and oxygen atoms in total. The Labute approximate surface area is 118 Å². The Morgan fingerprint density at radius 2 is 1.85 bits per heavy atom. The van der Waals surface area contributed by atoms with Gasteiger partial charge in [-0.1, -0.05) is 36.4 Å². The lowest BCUT2D eigenvalue weighted by molar-refractivity contribution is -0.152. The van der Waals surface area contributed by atoms with E-state index in [1.54, 1.807) is 6.20 Å². The van der Waals surface area contributed by atoms with Crippen molar-refractivity contribution in [2.45, 2.75) is 31.3 Å². The Hall–Kier alpha value is -2.16. The number of esters is 1. The first kappa shape index (κ1) is 12.9. The normalized spacial score (nSPS) is 17.2. The van der Waals surface area contributed by atoms with Crippen molar-refractivity contribution in [3.8, 4) is 0 Å². The molecule has 0 spiro atoms. The first-order valence-corrected chi connectivity index (χ1v) is 6.90. The molecule has 20 heavy (non-hydrogen) atoms. The van der Waals surface area contributed by atoms with Crippen molar-refractivity contribution in [2.24, 2.45) is 0 Å². The van der Waals surface area contributed by atoms with Crippen LogP contribution in [0.1, 0.15) is 37.1 Å². The molecule has 2 aromatic rings. The quantitative estimate of drug-likeness (QED) is 0.797. The molecular formula is C17H17NO2. The Morgan fingerprint density at radius 1 is 1.15 bits per heavy atom. The molecule has 3 heteroatoms. The fourth-order valence-corrected chi connectivity index (χ4v) is 2.44. The molecule has 1 aliphatic carbocycles. The maximum absolute atomic E-state index is 12.5. The summed E-state index contributed by atoms with van der Waals surface area (Å²) in [6.07, 6.45) is 3.13. The van der Waals surface area contributed by atoms with Crippen LogP contribution in [0.4, 0.5) is 0 Å². The van der Waals surface area contributed by atoms with Crippen LogP contribution in [-0.2, 0) is 14.9 Å². The third-order valence-corrected chi connectivity index (χ3v) is 3.86. The zero-order valence-electron chi connectivity index (χ0n) is 11.5. The molecule has 1 aromatic carbocycles. The van der Waals surface area contributed by atoms with E-state index in [1.807, 2.05) is 55.5 Å². The number of nitrogens with zero attached hydrogens (tertiary/aromatic N) is 1. The van der Waals surface area contributed by atoms with Gasteiger partial charge in [0.1, 0.15) is 6.10 Å². The molecule has 0 bridgehead atoms. The topological polar surface area (TPSA) is 39.2 Å². The summed E-state index contributed by atoms with van der Waals surface area (Å²) < 4.78 is 5.62. The number of carbonyl (C=O) groups excluding carboxylic acids is 1. The zero-order valence-corrected chi connectivity index (χ0v) is 11.5. The van der Waals surface area contributed by atoms with Crippen LogP contribution in [0.3, 0.4) is 0 Å². The van der Waals surface area contributed by atoms with E-state index in [4.69, 9.17) is 4.74 Å². The first-order chi connectivity index (χ1) is 9.72. The summed E-state index contributed by atoms with van der Waals surface area (Å²) in [5, 5.41) is 0. The Morgan fingerprint density at radius 3 is 2.45 bits per heavy atom. The number of aromatic nitrogens is 1. The number of hydrogen-bond acceptors (Lipinski definition) is 3. The van der Waals surface area contributed by atoms with Crippen molar-refractivity contribution < 1.29 is 9.53 Å². The second kappa shape index (κ2) is 5.08. The summed E-state index contributed by atoms with van der Waals surface area (Å²) in [5.74, 6) is -0.137. The van der Waals surface area contributed by atoms with Gasteiger partial charge in [-0.3, -0.25) is 9.78 Å². The fourth-order valence-electron chi connectivity index (χ4n) is 2.44. The van der Waals surface area contributed by atoms with Crippen LogP contribution in [0, 0.1) is 0 Å². The highest BCUT2D eigenvalue weighted by molar-refractivity contribution is 5.86. The van der Waals surface area contributed by atoms with Crippen LogP contribution in [-0.4, -0.2) is 11.0 Å². The van der Waals surface area contributed by atoms with Gasteiger partial charge in [0.25, 0.3) is 0 Å². The van der Waals surface area contributed by atoms with E-state index >= 15 is 0 Å². The van der Waals surface area contributed by atoms with Gasteiger partial charge in [-0.2, -0.15) is 0 Å². The van der Waals surface area contributed by atoms with E-state index in [0.29, 0.717) is 0 Å². The molecule has 1 aliphatic rings. The summed E-state index contributed by atoms with van der Waals surface area (Å²) in [7, 11) is 0. The van der Waals surface area contributed by atoms with Gasteiger partial charge in [0.2, 0.25) is 0 Å². The van der Waals surface area contributed by atoms with Gasteiger partial charge in [-0.15, -0.1) is 0 Å². The monoisotopic (exact) mass is 267 g/mol. The molecule has 102 valence electrons. The maximum Gasteiger partial charge on any atom is 0.317 e. The van der Waals surface area contributed by atoms with E-state index in [1.165, 1.54) is 0 Å². The third-order valence-electron chi connectivity index (χ3n) is 3.86. The van der Waals surface area contributed by atoms with Gasteiger partial charge < -0.3 is 4.74 Å². The Bertz CT molecular complexity index is 591. The number of carbonyl (C=O) groups is 1. The molecule has 1 heterocycles. The number of ether oxygens (including phenoxy) is 1. The second-order valence-corrected chi connectivity index (χ2v) is 5.25. The predicted octanol–water partition coefficient (Wildman–Crippen LogP) is 3.42. The van der Waals surface area contributed by atoms with Gasteiger partial charge >= 0.3 is 5.97 Å². The molecule has 0 amide bonds. The van der Waals surface area contributed by atoms with Gasteiger partial charge in [0.15, 0.2) is 0 Å². The van der Waals surface area contributed by atoms with Crippen molar-refractivity contribution in [3.63, 3.8) is 0 Å². The lowest BCUT2D eigenvalue weighted by atomic mass is 9.96. The van der Waals surface area contributed by atoms with Crippen LogP contribution in [0.2, 0.25) is 0 Å². The van der Waals surface area contributed by atoms with E-state index < -0.39 is 5.41 Å². The van der Waals surface area contributed by atoms with Crippen LogP contribution in [0.5, 0.6) is 0 Å². The van der Waals surface area contributed by atoms with Crippen molar-refractivity contribution in [2.75, 3.05) is 0 Å². The van der Waals surface area contributed by atoms with Crippen molar-refractivity contribution in [3.05, 3.63) is 66.0 Å². The van der Waals surface area contributed by atoms with Crippen molar-refractivity contribution in [1.82, 2.24) is 4.98 Å². The summed E-state index contributed by atoms with van der Waals surface area (Å²) in [5.41, 5.74) is 1.41. The van der Waals surface area contributed by atoms with Gasteiger partial charge in [0.05, 0.1) is 11.1 Å². The van der Waals surface area contributed by atoms with Crippen LogP contribution >= 0.6 is 0 Å². The second-order valence-electron chi connectivity index (χ2n) is 5.25. The summed E-state index contributed by atoms with van der Waals surface area (Å²) in [4.78, 5) is 16.7. The highest BCUT2D eigenvalue weighted by atomic mass is 16.5. The molecule has 1 atom stereocenters. The molecule has 0 N–H and O–H groups in total.